The Morgan fingerprint density at radius 2 is 1.73 bits per heavy atom. The van der Waals surface area contributed by atoms with Crippen molar-refractivity contribution in [1.82, 2.24) is 4.90 Å². The number of rotatable bonds is 6. The summed E-state index contributed by atoms with van der Waals surface area (Å²) < 4.78 is 0. The summed E-state index contributed by atoms with van der Waals surface area (Å²) >= 11 is 0. The lowest BCUT2D eigenvalue weighted by molar-refractivity contribution is -0.385. The number of carbonyl (C=O) groups excluding carboxylic acids is 1. The number of non-ortho nitro benzene ring substituents is 1. The van der Waals surface area contributed by atoms with Gasteiger partial charge in [0.05, 0.1) is 15.9 Å². The summed E-state index contributed by atoms with van der Waals surface area (Å²) in [4.78, 5) is 38.1. The van der Waals surface area contributed by atoms with Crippen molar-refractivity contribution in [1.29, 1.82) is 0 Å². The van der Waals surface area contributed by atoms with Crippen LogP contribution in [0.4, 0.5) is 17.1 Å². The first kappa shape index (κ1) is 21.2. The highest BCUT2D eigenvalue weighted by atomic mass is 16.6. The van der Waals surface area contributed by atoms with Crippen molar-refractivity contribution >= 4 is 23.0 Å². The molecule has 9 heteroatoms. The second-order valence-corrected chi connectivity index (χ2v) is 7.48. The molecule has 0 N–H and O–H groups in total. The molecular weight excluding hydrogens is 388 g/mol. The van der Waals surface area contributed by atoms with Crippen molar-refractivity contribution in [3.05, 3.63) is 74.3 Å². The Kier molecular flexibility index (Phi) is 6.29. The number of nitro benzene ring substituents is 2. The van der Waals surface area contributed by atoms with E-state index < -0.39 is 4.92 Å². The van der Waals surface area contributed by atoms with E-state index in [4.69, 9.17) is 0 Å². The molecule has 1 aliphatic heterocycles. The van der Waals surface area contributed by atoms with Gasteiger partial charge in [-0.1, -0.05) is 24.3 Å². The van der Waals surface area contributed by atoms with E-state index in [-0.39, 0.29) is 34.2 Å². The van der Waals surface area contributed by atoms with Gasteiger partial charge in [0, 0.05) is 44.3 Å². The van der Waals surface area contributed by atoms with Crippen LogP contribution in [0.25, 0.3) is 0 Å². The van der Waals surface area contributed by atoms with Gasteiger partial charge in [0.15, 0.2) is 0 Å². The number of anilines is 1. The first-order valence-electron chi connectivity index (χ1n) is 9.79. The average molecular weight is 412 g/mol. The van der Waals surface area contributed by atoms with Gasteiger partial charge < -0.3 is 9.80 Å². The predicted octanol–water partition coefficient (Wildman–Crippen LogP) is 3.94. The fourth-order valence-corrected chi connectivity index (χ4v) is 3.85. The molecule has 1 fully saturated rings. The Morgan fingerprint density at radius 3 is 2.37 bits per heavy atom. The van der Waals surface area contributed by atoms with Gasteiger partial charge in [-0.15, -0.1) is 0 Å². The molecule has 2 aromatic rings. The summed E-state index contributed by atoms with van der Waals surface area (Å²) in [5.41, 5.74) is 1.35. The molecule has 3 rings (SSSR count). The van der Waals surface area contributed by atoms with Gasteiger partial charge in [-0.25, -0.2) is 0 Å². The lowest BCUT2D eigenvalue weighted by atomic mass is 9.93. The molecule has 1 aliphatic rings. The second-order valence-electron chi connectivity index (χ2n) is 7.48. The van der Waals surface area contributed by atoms with Crippen LogP contribution in [0.15, 0.2) is 48.5 Å². The molecule has 30 heavy (non-hydrogen) atoms. The summed E-state index contributed by atoms with van der Waals surface area (Å²) in [6.45, 7) is 2.96. The molecule has 158 valence electrons. The Morgan fingerprint density at radius 1 is 1.07 bits per heavy atom. The van der Waals surface area contributed by atoms with Crippen LogP contribution >= 0.6 is 0 Å². The van der Waals surface area contributed by atoms with Crippen LogP contribution < -0.4 is 4.90 Å². The van der Waals surface area contributed by atoms with E-state index in [0.29, 0.717) is 37.2 Å². The molecule has 1 saturated heterocycles. The van der Waals surface area contributed by atoms with E-state index in [9.17, 15) is 25.0 Å². The first-order chi connectivity index (χ1) is 14.3. The maximum atomic E-state index is 13.0. The minimum atomic E-state index is -0.448. The summed E-state index contributed by atoms with van der Waals surface area (Å²) in [7, 11) is 1.71. The zero-order valence-electron chi connectivity index (χ0n) is 16.9. The van der Waals surface area contributed by atoms with Crippen molar-refractivity contribution in [2.45, 2.75) is 25.8 Å². The third-order valence-corrected chi connectivity index (χ3v) is 5.76. The highest BCUT2D eigenvalue weighted by Crippen LogP contribution is 2.32. The number of hydrogen-bond acceptors (Lipinski definition) is 6. The largest absolute Gasteiger partial charge is 0.366 e. The third-order valence-electron chi connectivity index (χ3n) is 5.76. The van der Waals surface area contributed by atoms with Crippen LogP contribution in [0.5, 0.6) is 0 Å². The third kappa shape index (κ3) is 4.40. The topological polar surface area (TPSA) is 110 Å². The highest BCUT2D eigenvalue weighted by Gasteiger charge is 2.31. The van der Waals surface area contributed by atoms with Gasteiger partial charge in [-0.2, -0.15) is 0 Å². The van der Waals surface area contributed by atoms with E-state index in [0.717, 1.165) is 0 Å². The lowest BCUT2D eigenvalue weighted by Crippen LogP contribution is -2.42. The van der Waals surface area contributed by atoms with Gasteiger partial charge in [-0.05, 0) is 31.4 Å². The summed E-state index contributed by atoms with van der Waals surface area (Å²) in [6.07, 6.45) is 1.19. The normalized spacial score (nSPS) is 15.5. The smallest absolute Gasteiger partial charge is 0.292 e. The fraction of sp³-hybridized carbons (Fsp3) is 0.381. The molecule has 0 unspecified atom stereocenters. The van der Waals surface area contributed by atoms with Gasteiger partial charge >= 0.3 is 0 Å². The second kappa shape index (κ2) is 8.89. The molecule has 0 radical (unpaired) electrons. The van der Waals surface area contributed by atoms with Crippen molar-refractivity contribution in [2.24, 2.45) is 5.92 Å². The van der Waals surface area contributed by atoms with E-state index in [1.165, 1.54) is 18.2 Å². The quantitative estimate of drug-likeness (QED) is 0.525. The zero-order chi connectivity index (χ0) is 21.8. The van der Waals surface area contributed by atoms with Crippen molar-refractivity contribution in [2.75, 3.05) is 25.0 Å². The van der Waals surface area contributed by atoms with Gasteiger partial charge in [0.1, 0.15) is 5.69 Å². The number of piperidine rings is 1. The minimum Gasteiger partial charge on any atom is -0.366 e. The standard InChI is InChI=1S/C21H24N4O5/c1-15(17-6-5-7-18(14-17)24(27)28)22(2)21(26)16-10-12-23(13-11-16)19-8-3-4-9-20(19)25(29)30/h3-9,14-16H,10-13H2,1-2H3/t15-/m0/s1. The Hall–Kier alpha value is -3.49. The number of amides is 1. The molecule has 9 nitrogen and oxygen atoms in total. The average Bonchev–Trinajstić information content (AvgIpc) is 2.77. The molecule has 0 spiro atoms. The van der Waals surface area contributed by atoms with Gasteiger partial charge in [-0.3, -0.25) is 25.0 Å². The van der Waals surface area contributed by atoms with E-state index in [1.807, 2.05) is 11.8 Å². The van der Waals surface area contributed by atoms with E-state index >= 15 is 0 Å². The highest BCUT2D eigenvalue weighted by molar-refractivity contribution is 5.79. The molecule has 2 aromatic carbocycles. The molecule has 0 bridgehead atoms. The minimum absolute atomic E-state index is 0.00189. The maximum Gasteiger partial charge on any atom is 0.292 e. The fourth-order valence-electron chi connectivity index (χ4n) is 3.85. The van der Waals surface area contributed by atoms with Crippen molar-refractivity contribution in [3.63, 3.8) is 0 Å². The molecule has 1 atom stereocenters. The maximum absolute atomic E-state index is 13.0. The molecule has 0 aliphatic carbocycles. The number of carbonyl (C=O) groups is 1. The Labute approximate surface area is 174 Å². The monoisotopic (exact) mass is 412 g/mol. The number of hydrogen-bond donors (Lipinski definition) is 0. The van der Waals surface area contributed by atoms with E-state index in [2.05, 4.69) is 0 Å². The van der Waals surface area contributed by atoms with E-state index in [1.54, 1.807) is 42.3 Å². The summed E-state index contributed by atoms with van der Waals surface area (Å²) in [5, 5.41) is 22.3. The predicted molar refractivity (Wildman–Crippen MR) is 112 cm³/mol. The van der Waals surface area contributed by atoms with Crippen molar-refractivity contribution < 1.29 is 14.6 Å². The van der Waals surface area contributed by atoms with Crippen LogP contribution in [0.2, 0.25) is 0 Å². The van der Waals surface area contributed by atoms with Crippen LogP contribution in [0.3, 0.4) is 0 Å². The van der Waals surface area contributed by atoms with Gasteiger partial charge in [0.2, 0.25) is 5.91 Å². The van der Waals surface area contributed by atoms with Crippen molar-refractivity contribution in [3.8, 4) is 0 Å². The number of para-hydroxylation sites is 2. The summed E-state index contributed by atoms with van der Waals surface area (Å²) in [5.74, 6) is -0.202. The first-order valence-corrected chi connectivity index (χ1v) is 9.79. The zero-order valence-corrected chi connectivity index (χ0v) is 16.9. The summed E-state index contributed by atoms with van der Waals surface area (Å²) in [6, 6.07) is 12.6. The van der Waals surface area contributed by atoms with Crippen LogP contribution in [-0.2, 0) is 4.79 Å². The Bertz CT molecular complexity index is 956. The molecule has 0 saturated carbocycles. The number of benzene rings is 2. The number of nitro groups is 2. The number of nitrogens with zero attached hydrogens (tertiary/aromatic N) is 4. The molecule has 1 amide bonds. The molecule has 0 aromatic heterocycles. The molecule has 1 heterocycles. The van der Waals surface area contributed by atoms with Crippen LogP contribution in [0, 0.1) is 26.1 Å². The Balaban J connectivity index is 1.66. The molecular formula is C21H24N4O5. The SMILES string of the molecule is C[C@@H](c1cccc([N+](=O)[O-])c1)N(C)C(=O)C1CCN(c2ccccc2[N+](=O)[O-])CC1. The van der Waals surface area contributed by atoms with Crippen LogP contribution in [-0.4, -0.2) is 40.8 Å². The lowest BCUT2D eigenvalue weighted by Gasteiger charge is -2.35. The van der Waals surface area contributed by atoms with Gasteiger partial charge in [0.25, 0.3) is 11.4 Å². The van der Waals surface area contributed by atoms with Crippen LogP contribution in [0.1, 0.15) is 31.4 Å².